The lowest BCUT2D eigenvalue weighted by Gasteiger charge is -1.95. The van der Waals surface area contributed by atoms with Gasteiger partial charge in [0.2, 0.25) is 0 Å². The Labute approximate surface area is 81.2 Å². The third kappa shape index (κ3) is 1.32. The van der Waals surface area contributed by atoms with E-state index in [-0.39, 0.29) is 0 Å². The Morgan fingerprint density at radius 3 is 3.08 bits per heavy atom. The molecule has 0 aliphatic carbocycles. The van der Waals surface area contributed by atoms with Gasteiger partial charge in [0.15, 0.2) is 0 Å². The van der Waals surface area contributed by atoms with Crippen molar-refractivity contribution in [3.63, 3.8) is 0 Å². The normalized spacial score (nSPS) is 10.2. The molecular weight excluding hydrogens is 178 g/mol. The molecule has 13 heavy (non-hydrogen) atoms. The molecule has 0 radical (unpaired) electrons. The zero-order chi connectivity index (χ0) is 9.26. The van der Waals surface area contributed by atoms with E-state index in [4.69, 9.17) is 5.26 Å². The summed E-state index contributed by atoms with van der Waals surface area (Å²) in [5.41, 5.74) is 2.46. The van der Waals surface area contributed by atoms with Gasteiger partial charge in [-0.1, -0.05) is 18.2 Å². The average molecular weight is 187 g/mol. The van der Waals surface area contributed by atoms with Crippen molar-refractivity contribution >= 4 is 21.4 Å². The largest absolute Gasteiger partial charge is 0.198 e. The maximum atomic E-state index is 8.62. The molecule has 2 aromatic rings. The van der Waals surface area contributed by atoms with Crippen molar-refractivity contribution in [2.24, 2.45) is 0 Å². The number of nitrogens with zero attached hydrogens (tertiary/aromatic N) is 1. The molecule has 2 rings (SSSR count). The maximum absolute atomic E-state index is 8.62. The number of hydrogen-bond acceptors (Lipinski definition) is 2. The smallest absolute Gasteiger partial charge is 0.0670 e. The van der Waals surface area contributed by atoms with E-state index in [9.17, 15) is 0 Å². The van der Waals surface area contributed by atoms with E-state index >= 15 is 0 Å². The van der Waals surface area contributed by atoms with Crippen LogP contribution in [0.5, 0.6) is 0 Å². The first kappa shape index (κ1) is 8.28. The van der Waals surface area contributed by atoms with E-state index < -0.39 is 0 Å². The van der Waals surface area contributed by atoms with Crippen molar-refractivity contribution in [1.82, 2.24) is 0 Å². The van der Waals surface area contributed by atoms with Crippen LogP contribution >= 0.6 is 11.3 Å². The highest BCUT2D eigenvalue weighted by atomic mass is 32.1. The zero-order valence-electron chi connectivity index (χ0n) is 7.37. The van der Waals surface area contributed by atoms with Crippen LogP contribution in [0.15, 0.2) is 23.6 Å². The zero-order valence-corrected chi connectivity index (χ0v) is 8.19. The predicted octanol–water partition coefficient (Wildman–Crippen LogP) is 3.28. The first-order chi connectivity index (χ1) is 6.33. The van der Waals surface area contributed by atoms with Gasteiger partial charge in [-0.15, -0.1) is 11.3 Å². The number of hydrogen-bond donors (Lipinski definition) is 0. The molecule has 0 atom stereocenters. The summed E-state index contributed by atoms with van der Waals surface area (Å²) in [5, 5.41) is 11.9. The Morgan fingerprint density at radius 2 is 2.31 bits per heavy atom. The summed E-state index contributed by atoms with van der Waals surface area (Å²) in [6, 6.07) is 8.43. The Kier molecular flexibility index (Phi) is 2.03. The molecule has 0 fully saturated rings. The number of nitriles is 1. The molecule has 0 saturated carbocycles. The van der Waals surface area contributed by atoms with Gasteiger partial charge in [-0.05, 0) is 28.8 Å². The van der Waals surface area contributed by atoms with E-state index in [1.54, 1.807) is 11.3 Å². The number of rotatable bonds is 1. The maximum Gasteiger partial charge on any atom is 0.0670 e. The number of fused-ring (bicyclic) bond motifs is 1. The minimum Gasteiger partial charge on any atom is -0.198 e. The topological polar surface area (TPSA) is 23.8 Å². The van der Waals surface area contributed by atoms with E-state index in [1.807, 2.05) is 6.07 Å². The molecule has 1 aromatic heterocycles. The molecule has 0 aliphatic rings. The fourth-order valence-electron chi connectivity index (χ4n) is 1.48. The number of thiophene rings is 1. The van der Waals surface area contributed by atoms with E-state index in [2.05, 4.69) is 30.5 Å². The second-order valence-electron chi connectivity index (χ2n) is 3.05. The van der Waals surface area contributed by atoms with Crippen LogP contribution in [0, 0.1) is 18.3 Å². The molecule has 0 unspecified atom stereocenters. The third-order valence-corrected chi connectivity index (χ3v) is 3.33. The lowest BCUT2D eigenvalue weighted by Crippen LogP contribution is -1.78. The Morgan fingerprint density at radius 1 is 1.46 bits per heavy atom. The summed E-state index contributed by atoms with van der Waals surface area (Å²) in [6.07, 6.45) is 0.517. The predicted molar refractivity (Wildman–Crippen MR) is 55.9 cm³/mol. The summed E-state index contributed by atoms with van der Waals surface area (Å²) in [6.45, 7) is 2.11. The van der Waals surface area contributed by atoms with Crippen LogP contribution in [0.1, 0.15) is 11.1 Å². The first-order valence-electron chi connectivity index (χ1n) is 4.15. The molecule has 1 nitrogen and oxygen atoms in total. The molecule has 0 saturated heterocycles. The Bertz CT molecular complexity index is 476. The lowest BCUT2D eigenvalue weighted by molar-refractivity contribution is 1.30. The second kappa shape index (κ2) is 3.20. The van der Waals surface area contributed by atoms with Crippen molar-refractivity contribution in [2.45, 2.75) is 13.3 Å². The van der Waals surface area contributed by atoms with E-state index in [0.29, 0.717) is 6.42 Å². The van der Waals surface area contributed by atoms with Crippen molar-refractivity contribution in [2.75, 3.05) is 0 Å². The van der Waals surface area contributed by atoms with Gasteiger partial charge >= 0.3 is 0 Å². The summed E-state index contributed by atoms with van der Waals surface area (Å²) < 4.78 is 1.31. The molecule has 0 N–H and O–H groups in total. The van der Waals surface area contributed by atoms with Gasteiger partial charge in [0.05, 0.1) is 12.5 Å². The van der Waals surface area contributed by atoms with Crippen molar-refractivity contribution < 1.29 is 0 Å². The van der Waals surface area contributed by atoms with Gasteiger partial charge in [0, 0.05) is 4.70 Å². The Balaban J connectivity index is 2.70. The Hall–Kier alpha value is -1.33. The summed E-state index contributed by atoms with van der Waals surface area (Å²) in [5.74, 6) is 0. The second-order valence-corrected chi connectivity index (χ2v) is 3.93. The SMILES string of the molecule is Cc1cccc2c(CC#N)csc12. The van der Waals surface area contributed by atoms with Crippen LogP contribution < -0.4 is 0 Å². The van der Waals surface area contributed by atoms with Crippen LogP contribution in [0.3, 0.4) is 0 Å². The minimum atomic E-state index is 0.517. The molecule has 0 bridgehead atoms. The average Bonchev–Trinajstić information content (AvgIpc) is 2.51. The highest BCUT2D eigenvalue weighted by molar-refractivity contribution is 7.17. The first-order valence-corrected chi connectivity index (χ1v) is 5.03. The molecular formula is C11H9NS. The molecule has 1 heterocycles. The lowest BCUT2D eigenvalue weighted by atomic mass is 10.1. The van der Waals surface area contributed by atoms with E-state index in [0.717, 1.165) is 5.56 Å². The fourth-order valence-corrected chi connectivity index (χ4v) is 2.53. The highest BCUT2D eigenvalue weighted by Gasteiger charge is 2.04. The van der Waals surface area contributed by atoms with Crippen LogP contribution in [-0.4, -0.2) is 0 Å². The van der Waals surface area contributed by atoms with Gasteiger partial charge in [0.25, 0.3) is 0 Å². The van der Waals surface area contributed by atoms with Gasteiger partial charge in [-0.3, -0.25) is 0 Å². The quantitative estimate of drug-likeness (QED) is 0.672. The summed E-state index contributed by atoms with van der Waals surface area (Å²) in [7, 11) is 0. The highest BCUT2D eigenvalue weighted by Crippen LogP contribution is 2.28. The van der Waals surface area contributed by atoms with Gasteiger partial charge in [-0.2, -0.15) is 5.26 Å². The van der Waals surface area contributed by atoms with Crippen molar-refractivity contribution in [3.05, 3.63) is 34.7 Å². The van der Waals surface area contributed by atoms with Crippen LogP contribution in [0.2, 0.25) is 0 Å². The van der Waals surface area contributed by atoms with Crippen molar-refractivity contribution in [1.29, 1.82) is 5.26 Å². The monoisotopic (exact) mass is 187 g/mol. The molecule has 0 amide bonds. The number of aryl methyl sites for hydroxylation is 1. The van der Waals surface area contributed by atoms with Gasteiger partial charge in [-0.25, -0.2) is 0 Å². The van der Waals surface area contributed by atoms with Crippen LogP contribution in [0.25, 0.3) is 10.1 Å². The van der Waals surface area contributed by atoms with Crippen LogP contribution in [0.4, 0.5) is 0 Å². The van der Waals surface area contributed by atoms with Gasteiger partial charge < -0.3 is 0 Å². The third-order valence-electron chi connectivity index (χ3n) is 2.15. The van der Waals surface area contributed by atoms with E-state index in [1.165, 1.54) is 15.6 Å². The van der Waals surface area contributed by atoms with Gasteiger partial charge in [0.1, 0.15) is 0 Å². The van der Waals surface area contributed by atoms with Crippen LogP contribution in [-0.2, 0) is 6.42 Å². The molecule has 2 heteroatoms. The summed E-state index contributed by atoms with van der Waals surface area (Å²) in [4.78, 5) is 0. The molecule has 0 aliphatic heterocycles. The van der Waals surface area contributed by atoms with Crippen molar-refractivity contribution in [3.8, 4) is 6.07 Å². The molecule has 1 aromatic carbocycles. The minimum absolute atomic E-state index is 0.517. The molecule has 0 spiro atoms. The molecule has 64 valence electrons. The number of benzene rings is 1. The standard InChI is InChI=1S/C11H9NS/c1-8-3-2-4-10-9(5-6-12)7-13-11(8)10/h2-4,7H,5H2,1H3. The fraction of sp³-hybridized carbons (Fsp3) is 0.182. The summed E-state index contributed by atoms with van der Waals surface area (Å²) >= 11 is 1.73.